The van der Waals surface area contributed by atoms with Crippen LogP contribution in [0.4, 0.5) is 5.69 Å². The second-order valence-electron chi connectivity index (χ2n) is 10.1. The molecule has 0 bridgehead atoms. The van der Waals surface area contributed by atoms with E-state index < -0.39 is 0 Å². The number of carbonyl (C=O) groups excluding carboxylic acids is 1. The van der Waals surface area contributed by atoms with Crippen LogP contribution in [-0.2, 0) is 22.6 Å². The van der Waals surface area contributed by atoms with E-state index in [0.29, 0.717) is 13.0 Å². The third-order valence-corrected chi connectivity index (χ3v) is 7.45. The molecule has 1 saturated heterocycles. The van der Waals surface area contributed by atoms with E-state index in [0.717, 1.165) is 73.1 Å². The molecule has 0 aliphatic carbocycles. The first kappa shape index (κ1) is 23.0. The molecule has 3 aromatic carbocycles. The number of fused-ring (bicyclic) bond motifs is 3. The molecule has 0 N–H and O–H groups in total. The molecule has 6 rings (SSSR count). The quantitative estimate of drug-likeness (QED) is 0.527. The Morgan fingerprint density at radius 1 is 0.861 bits per heavy atom. The summed E-state index contributed by atoms with van der Waals surface area (Å²) in [7, 11) is 0. The van der Waals surface area contributed by atoms with Crippen LogP contribution in [0.3, 0.4) is 0 Å². The Morgan fingerprint density at radius 2 is 1.64 bits per heavy atom. The summed E-state index contributed by atoms with van der Waals surface area (Å²) in [5.41, 5.74) is 10.3. The van der Waals surface area contributed by atoms with Crippen molar-refractivity contribution in [2.75, 3.05) is 44.3 Å². The summed E-state index contributed by atoms with van der Waals surface area (Å²) in [4.78, 5) is 17.2. The van der Waals surface area contributed by atoms with E-state index in [1.165, 1.54) is 22.3 Å². The molecule has 1 amide bonds. The van der Waals surface area contributed by atoms with Gasteiger partial charge in [-0.15, -0.1) is 0 Å². The maximum absolute atomic E-state index is 12.9. The first-order valence-corrected chi connectivity index (χ1v) is 12.8. The highest BCUT2D eigenvalue weighted by molar-refractivity contribution is 6.02. The number of carbonyl (C=O) groups is 1. The highest BCUT2D eigenvalue weighted by Crippen LogP contribution is 2.39. The molecule has 3 aliphatic heterocycles. The minimum absolute atomic E-state index is 0.188. The van der Waals surface area contributed by atoms with E-state index in [1.807, 2.05) is 4.90 Å². The smallest absolute Gasteiger partial charge is 0.231 e. The first-order valence-electron chi connectivity index (χ1n) is 12.8. The van der Waals surface area contributed by atoms with Gasteiger partial charge in [-0.25, -0.2) is 0 Å². The molecule has 0 atom stereocenters. The largest absolute Gasteiger partial charge is 0.488 e. The standard InChI is InChI=1S/C31H32N2O3/c1-21-3-6-26-25(15-21)20-36-30-16-22(2)4-7-27(30)28(26)18-23-5-8-29-24(17-23)19-31(34)33(29)10-9-32-11-13-35-14-12-32/h3-8,15-18H,9-14,19-20H2,1-2H3/b28-18+. The van der Waals surface area contributed by atoms with Gasteiger partial charge in [0.05, 0.1) is 19.6 Å². The molecule has 1 fully saturated rings. The van der Waals surface area contributed by atoms with Crippen molar-refractivity contribution in [1.82, 2.24) is 4.90 Å². The Hall–Kier alpha value is -3.41. The van der Waals surface area contributed by atoms with E-state index in [4.69, 9.17) is 9.47 Å². The fourth-order valence-corrected chi connectivity index (χ4v) is 5.50. The summed E-state index contributed by atoms with van der Waals surface area (Å²) in [5, 5.41) is 0. The molecular formula is C31H32N2O3. The van der Waals surface area contributed by atoms with Gasteiger partial charge in [0, 0.05) is 37.4 Å². The number of ether oxygens (including phenoxy) is 2. The van der Waals surface area contributed by atoms with Crippen molar-refractivity contribution < 1.29 is 14.3 Å². The highest BCUT2D eigenvalue weighted by Gasteiger charge is 2.28. The molecule has 0 unspecified atom stereocenters. The van der Waals surface area contributed by atoms with Crippen molar-refractivity contribution >= 4 is 23.2 Å². The zero-order chi connectivity index (χ0) is 24.6. The molecule has 3 heterocycles. The second-order valence-corrected chi connectivity index (χ2v) is 10.1. The van der Waals surface area contributed by atoms with Gasteiger partial charge in [-0.05, 0) is 71.5 Å². The Morgan fingerprint density at radius 3 is 2.47 bits per heavy atom. The Kier molecular flexibility index (Phi) is 6.12. The lowest BCUT2D eigenvalue weighted by atomic mass is 9.91. The maximum atomic E-state index is 12.9. The molecule has 3 aromatic rings. The average molecular weight is 481 g/mol. The minimum atomic E-state index is 0.188. The van der Waals surface area contributed by atoms with E-state index in [1.54, 1.807) is 0 Å². The van der Waals surface area contributed by atoms with E-state index in [2.05, 4.69) is 79.4 Å². The van der Waals surface area contributed by atoms with Crippen LogP contribution in [-0.4, -0.2) is 50.2 Å². The molecule has 3 aliphatic rings. The average Bonchev–Trinajstić information content (AvgIpc) is 3.11. The Labute approximate surface area is 212 Å². The van der Waals surface area contributed by atoms with Gasteiger partial charge < -0.3 is 14.4 Å². The number of amides is 1. The zero-order valence-electron chi connectivity index (χ0n) is 21.0. The summed E-state index contributed by atoms with van der Waals surface area (Å²) < 4.78 is 11.7. The van der Waals surface area contributed by atoms with Gasteiger partial charge >= 0.3 is 0 Å². The van der Waals surface area contributed by atoms with Crippen molar-refractivity contribution in [2.24, 2.45) is 0 Å². The first-order chi connectivity index (χ1) is 17.5. The van der Waals surface area contributed by atoms with Crippen LogP contribution >= 0.6 is 0 Å². The van der Waals surface area contributed by atoms with Crippen LogP contribution in [0.2, 0.25) is 0 Å². The second kappa shape index (κ2) is 9.57. The summed E-state index contributed by atoms with van der Waals surface area (Å²) in [6.45, 7) is 9.81. The number of anilines is 1. The summed E-state index contributed by atoms with van der Waals surface area (Å²) in [5.74, 6) is 1.10. The van der Waals surface area contributed by atoms with Crippen LogP contribution in [0.15, 0.2) is 54.6 Å². The third-order valence-electron chi connectivity index (χ3n) is 7.45. The van der Waals surface area contributed by atoms with Gasteiger partial charge in [-0.1, -0.05) is 42.0 Å². The van der Waals surface area contributed by atoms with Crippen LogP contribution in [0.25, 0.3) is 11.6 Å². The summed E-state index contributed by atoms with van der Waals surface area (Å²) in [6.07, 6.45) is 2.71. The number of aryl methyl sites for hydroxylation is 2. The van der Waals surface area contributed by atoms with Gasteiger partial charge in [0.15, 0.2) is 0 Å². The van der Waals surface area contributed by atoms with Crippen LogP contribution in [0.1, 0.15) is 38.9 Å². The van der Waals surface area contributed by atoms with Crippen molar-refractivity contribution in [2.45, 2.75) is 26.9 Å². The van der Waals surface area contributed by atoms with Crippen molar-refractivity contribution in [3.63, 3.8) is 0 Å². The van der Waals surface area contributed by atoms with Crippen LogP contribution in [0.5, 0.6) is 5.75 Å². The fraction of sp³-hybridized carbons (Fsp3) is 0.323. The van der Waals surface area contributed by atoms with E-state index >= 15 is 0 Å². The van der Waals surface area contributed by atoms with Crippen LogP contribution in [0, 0.1) is 13.8 Å². The number of morpholine rings is 1. The maximum Gasteiger partial charge on any atom is 0.231 e. The number of benzene rings is 3. The number of nitrogens with zero attached hydrogens (tertiary/aromatic N) is 2. The minimum Gasteiger partial charge on any atom is -0.488 e. The fourth-order valence-electron chi connectivity index (χ4n) is 5.50. The molecule has 0 saturated carbocycles. The highest BCUT2D eigenvalue weighted by atomic mass is 16.5. The van der Waals surface area contributed by atoms with Crippen LogP contribution < -0.4 is 9.64 Å². The Bertz CT molecular complexity index is 1300. The van der Waals surface area contributed by atoms with E-state index in [9.17, 15) is 4.79 Å². The monoisotopic (exact) mass is 480 g/mol. The molecule has 0 radical (unpaired) electrons. The molecule has 5 heteroatoms. The molecule has 5 nitrogen and oxygen atoms in total. The van der Waals surface area contributed by atoms with Crippen molar-refractivity contribution in [3.05, 3.63) is 93.5 Å². The normalized spacial score (nSPS) is 18.4. The summed E-state index contributed by atoms with van der Waals surface area (Å²) >= 11 is 0. The zero-order valence-corrected chi connectivity index (χ0v) is 21.0. The third kappa shape index (κ3) is 4.45. The summed E-state index contributed by atoms with van der Waals surface area (Å²) in [6, 6.07) is 19.5. The van der Waals surface area contributed by atoms with Gasteiger partial charge in [0.1, 0.15) is 12.4 Å². The number of hydrogen-bond acceptors (Lipinski definition) is 4. The molecular weight excluding hydrogens is 448 g/mol. The van der Waals surface area contributed by atoms with Gasteiger partial charge in [-0.2, -0.15) is 0 Å². The predicted molar refractivity (Wildman–Crippen MR) is 143 cm³/mol. The predicted octanol–water partition coefficient (Wildman–Crippen LogP) is 5.01. The van der Waals surface area contributed by atoms with Gasteiger partial charge in [0.2, 0.25) is 5.91 Å². The lowest BCUT2D eigenvalue weighted by Gasteiger charge is -2.28. The number of hydrogen-bond donors (Lipinski definition) is 0. The lowest BCUT2D eigenvalue weighted by molar-refractivity contribution is -0.117. The van der Waals surface area contributed by atoms with Crippen molar-refractivity contribution in [3.8, 4) is 5.75 Å². The van der Waals surface area contributed by atoms with Gasteiger partial charge in [0.25, 0.3) is 0 Å². The molecule has 0 spiro atoms. The number of rotatable bonds is 4. The molecule has 36 heavy (non-hydrogen) atoms. The Balaban J connectivity index is 1.34. The van der Waals surface area contributed by atoms with E-state index in [-0.39, 0.29) is 5.91 Å². The van der Waals surface area contributed by atoms with Crippen molar-refractivity contribution in [1.29, 1.82) is 0 Å². The topological polar surface area (TPSA) is 42.0 Å². The van der Waals surface area contributed by atoms with Gasteiger partial charge in [-0.3, -0.25) is 9.69 Å². The molecule has 184 valence electrons. The SMILES string of the molecule is Cc1ccc2c(c1)COc1cc(C)ccc1/C2=C/c1ccc2c(c1)CC(=O)N2CCN1CCOCC1. The molecule has 0 aromatic heterocycles. The lowest BCUT2D eigenvalue weighted by Crippen LogP contribution is -2.42.